The van der Waals surface area contributed by atoms with Gasteiger partial charge in [-0.05, 0) is 28.1 Å². The van der Waals surface area contributed by atoms with Gasteiger partial charge in [-0.25, -0.2) is 13.8 Å². The second-order valence-corrected chi connectivity index (χ2v) is 7.00. The molecular formula is C13H8BrF2N3O3S. The minimum absolute atomic E-state index is 0.358. The van der Waals surface area contributed by atoms with Crippen molar-refractivity contribution in [2.45, 2.75) is 6.17 Å². The third-order valence-electron chi connectivity index (χ3n) is 3.28. The number of benzene rings is 1. The molecule has 0 spiro atoms. The molecule has 2 aromatic rings. The maximum Gasteiger partial charge on any atom is 0.268 e. The quantitative estimate of drug-likeness (QED) is 0.781. The summed E-state index contributed by atoms with van der Waals surface area (Å²) in [5.41, 5.74) is -0.774. The van der Waals surface area contributed by atoms with E-state index in [1.54, 1.807) is 0 Å². The highest BCUT2D eigenvalue weighted by Gasteiger charge is 2.43. The van der Waals surface area contributed by atoms with Crippen LogP contribution in [0.4, 0.5) is 8.78 Å². The van der Waals surface area contributed by atoms with Gasteiger partial charge in [0.05, 0.1) is 4.88 Å². The van der Waals surface area contributed by atoms with Crippen LogP contribution >= 0.6 is 27.3 Å². The molecule has 0 aliphatic carbocycles. The van der Waals surface area contributed by atoms with E-state index in [9.17, 15) is 23.6 Å². The normalized spacial score (nSPS) is 17.9. The molecule has 1 unspecified atom stereocenters. The van der Waals surface area contributed by atoms with E-state index in [1.807, 2.05) is 0 Å². The summed E-state index contributed by atoms with van der Waals surface area (Å²) in [6, 6.07) is 3.03. The van der Waals surface area contributed by atoms with Crippen LogP contribution in [0.1, 0.15) is 21.4 Å². The van der Waals surface area contributed by atoms with Crippen molar-refractivity contribution in [2.24, 2.45) is 0 Å². The molecule has 120 valence electrons. The highest BCUT2D eigenvalue weighted by Crippen LogP contribution is 2.35. The van der Waals surface area contributed by atoms with Gasteiger partial charge in [0.2, 0.25) is 0 Å². The minimum Gasteiger partial charge on any atom is -0.302 e. The Labute approximate surface area is 141 Å². The predicted octanol–water partition coefficient (Wildman–Crippen LogP) is 2.56. The van der Waals surface area contributed by atoms with E-state index in [-0.39, 0.29) is 0 Å². The number of nitrogens with zero attached hydrogens (tertiary/aromatic N) is 3. The molecule has 1 saturated heterocycles. The van der Waals surface area contributed by atoms with E-state index >= 15 is 0 Å². The molecule has 1 aromatic heterocycles. The third-order valence-corrected chi connectivity index (χ3v) is 4.79. The van der Waals surface area contributed by atoms with Crippen LogP contribution in [0.25, 0.3) is 0 Å². The molecule has 2 amide bonds. The van der Waals surface area contributed by atoms with E-state index in [2.05, 4.69) is 20.9 Å². The lowest BCUT2D eigenvalue weighted by Gasteiger charge is -2.25. The van der Waals surface area contributed by atoms with Gasteiger partial charge in [0, 0.05) is 6.20 Å². The second-order valence-electron chi connectivity index (χ2n) is 4.66. The number of hydrogen-bond acceptors (Lipinski definition) is 5. The highest BCUT2D eigenvalue weighted by molar-refractivity contribution is 9.11. The Morgan fingerprint density at radius 3 is 2.61 bits per heavy atom. The minimum atomic E-state index is -1.18. The number of hydrogen-bond donors (Lipinski definition) is 1. The van der Waals surface area contributed by atoms with Crippen LogP contribution in [-0.2, 0) is 4.79 Å². The molecule has 1 atom stereocenters. The fraction of sp³-hybridized carbons (Fsp3) is 0.154. The molecule has 0 bridgehead atoms. The molecule has 1 aliphatic heterocycles. The van der Waals surface area contributed by atoms with Crippen LogP contribution < -0.4 is 0 Å². The van der Waals surface area contributed by atoms with Crippen molar-refractivity contribution in [3.63, 3.8) is 0 Å². The van der Waals surface area contributed by atoms with Gasteiger partial charge in [-0.1, -0.05) is 6.07 Å². The number of hydroxylamine groups is 2. The standard InChI is InChI=1S/C13H8BrF2N3O3S/c14-13-17-4-8(23-13)11-18(5-9(20)19(11)22)12(21)10-6(15)2-1-3-7(10)16/h1-4,11,22H,5H2. The molecule has 1 aromatic carbocycles. The summed E-state index contributed by atoms with van der Waals surface area (Å²) in [6.07, 6.45) is 0.178. The summed E-state index contributed by atoms with van der Waals surface area (Å²) in [6.45, 7) is -0.497. The summed E-state index contributed by atoms with van der Waals surface area (Å²) in [5.74, 6) is -3.87. The van der Waals surface area contributed by atoms with Crippen molar-refractivity contribution >= 4 is 39.1 Å². The SMILES string of the molecule is O=C1CN(C(=O)c2c(F)cccc2F)C(c2cnc(Br)s2)N1O. The highest BCUT2D eigenvalue weighted by atomic mass is 79.9. The Kier molecular flexibility index (Phi) is 4.13. The van der Waals surface area contributed by atoms with Crippen LogP contribution in [0.5, 0.6) is 0 Å². The van der Waals surface area contributed by atoms with Crippen LogP contribution in [0, 0.1) is 11.6 Å². The van der Waals surface area contributed by atoms with E-state index in [0.29, 0.717) is 13.9 Å². The van der Waals surface area contributed by atoms with Crippen molar-refractivity contribution in [1.29, 1.82) is 0 Å². The van der Waals surface area contributed by atoms with Gasteiger partial charge in [-0.3, -0.25) is 14.8 Å². The maximum atomic E-state index is 13.8. The number of halogens is 3. The summed E-state index contributed by atoms with van der Waals surface area (Å²) >= 11 is 4.22. The molecule has 10 heteroatoms. The van der Waals surface area contributed by atoms with Crippen molar-refractivity contribution < 1.29 is 23.6 Å². The first-order chi connectivity index (χ1) is 10.9. The number of carbonyl (C=O) groups excluding carboxylic acids is 2. The Bertz CT molecular complexity index is 780. The lowest BCUT2D eigenvalue weighted by Crippen LogP contribution is -2.34. The Hall–Kier alpha value is -1.91. The third kappa shape index (κ3) is 2.73. The average molecular weight is 404 g/mol. The van der Waals surface area contributed by atoms with Gasteiger partial charge in [0.1, 0.15) is 23.7 Å². The zero-order valence-electron chi connectivity index (χ0n) is 11.2. The predicted molar refractivity (Wildman–Crippen MR) is 78.6 cm³/mol. The van der Waals surface area contributed by atoms with Gasteiger partial charge in [0.25, 0.3) is 11.8 Å². The van der Waals surface area contributed by atoms with Gasteiger partial charge in [-0.15, -0.1) is 11.3 Å². The first kappa shape index (κ1) is 16.0. The van der Waals surface area contributed by atoms with Crippen molar-refractivity contribution in [2.75, 3.05) is 6.54 Å². The van der Waals surface area contributed by atoms with Crippen molar-refractivity contribution in [3.05, 3.63) is 50.4 Å². The molecule has 1 fully saturated rings. The average Bonchev–Trinajstić information content (AvgIpc) is 3.03. The number of carbonyl (C=O) groups is 2. The molecule has 23 heavy (non-hydrogen) atoms. The summed E-state index contributed by atoms with van der Waals surface area (Å²) in [4.78, 5) is 29.4. The summed E-state index contributed by atoms with van der Waals surface area (Å²) in [5, 5.41) is 10.2. The molecular weight excluding hydrogens is 396 g/mol. The molecule has 1 N–H and O–H groups in total. The van der Waals surface area contributed by atoms with Crippen LogP contribution in [-0.4, -0.2) is 38.5 Å². The largest absolute Gasteiger partial charge is 0.302 e. The van der Waals surface area contributed by atoms with E-state index < -0.39 is 41.7 Å². The number of rotatable bonds is 2. The summed E-state index contributed by atoms with van der Waals surface area (Å²) < 4.78 is 28.1. The number of amides is 2. The fourth-order valence-electron chi connectivity index (χ4n) is 2.26. The topological polar surface area (TPSA) is 73.7 Å². The maximum absolute atomic E-state index is 13.8. The van der Waals surface area contributed by atoms with E-state index in [1.165, 1.54) is 6.20 Å². The molecule has 0 radical (unpaired) electrons. The Balaban J connectivity index is 2.03. The van der Waals surface area contributed by atoms with E-state index in [4.69, 9.17) is 0 Å². The Morgan fingerprint density at radius 2 is 2.04 bits per heavy atom. The molecule has 1 aliphatic rings. The van der Waals surface area contributed by atoms with Gasteiger partial charge in [-0.2, -0.15) is 5.06 Å². The number of thiazole rings is 1. The van der Waals surface area contributed by atoms with E-state index in [0.717, 1.165) is 34.4 Å². The smallest absolute Gasteiger partial charge is 0.268 e. The fourth-order valence-corrected chi connectivity index (χ4v) is 3.66. The summed E-state index contributed by atoms with van der Waals surface area (Å²) in [7, 11) is 0. The van der Waals surface area contributed by atoms with Gasteiger partial charge >= 0.3 is 0 Å². The van der Waals surface area contributed by atoms with Crippen molar-refractivity contribution in [1.82, 2.24) is 14.9 Å². The Morgan fingerprint density at radius 1 is 1.39 bits per heavy atom. The lowest BCUT2D eigenvalue weighted by molar-refractivity contribution is -0.168. The first-order valence-electron chi connectivity index (χ1n) is 6.27. The van der Waals surface area contributed by atoms with Gasteiger partial charge in [0.15, 0.2) is 10.1 Å². The lowest BCUT2D eigenvalue weighted by atomic mass is 10.1. The van der Waals surface area contributed by atoms with Crippen LogP contribution in [0.2, 0.25) is 0 Å². The zero-order chi connectivity index (χ0) is 16.7. The van der Waals surface area contributed by atoms with Gasteiger partial charge < -0.3 is 4.90 Å². The monoisotopic (exact) mass is 403 g/mol. The zero-order valence-corrected chi connectivity index (χ0v) is 13.6. The first-order valence-corrected chi connectivity index (χ1v) is 7.88. The molecule has 3 rings (SSSR count). The molecule has 6 nitrogen and oxygen atoms in total. The van der Waals surface area contributed by atoms with Crippen molar-refractivity contribution in [3.8, 4) is 0 Å². The second kappa shape index (κ2) is 5.95. The van der Waals surface area contributed by atoms with Crippen LogP contribution in [0.15, 0.2) is 28.3 Å². The molecule has 0 saturated carbocycles. The number of aromatic nitrogens is 1. The van der Waals surface area contributed by atoms with Crippen LogP contribution in [0.3, 0.4) is 0 Å². The molecule has 2 heterocycles.